The van der Waals surface area contributed by atoms with Gasteiger partial charge in [-0.05, 0) is 43.4 Å². The van der Waals surface area contributed by atoms with Gasteiger partial charge in [-0.3, -0.25) is 4.98 Å². The van der Waals surface area contributed by atoms with Crippen molar-refractivity contribution in [3.8, 4) is 11.3 Å². The van der Waals surface area contributed by atoms with Crippen molar-refractivity contribution >= 4 is 11.5 Å². The Kier molecular flexibility index (Phi) is 4.68. The maximum Gasteiger partial charge on any atom is 0.163 e. The minimum atomic E-state index is -0.724. The van der Waals surface area contributed by atoms with E-state index in [0.29, 0.717) is 22.5 Å². The number of fused-ring (bicyclic) bond motifs is 2. The number of aliphatic hydroxyl groups is 1. The van der Waals surface area contributed by atoms with Crippen LogP contribution in [0.5, 0.6) is 0 Å². The maximum atomic E-state index is 13.9. The van der Waals surface area contributed by atoms with Gasteiger partial charge in [0, 0.05) is 41.9 Å². The quantitative estimate of drug-likeness (QED) is 0.566. The van der Waals surface area contributed by atoms with E-state index in [-0.39, 0.29) is 6.04 Å². The van der Waals surface area contributed by atoms with Gasteiger partial charge in [0.15, 0.2) is 5.65 Å². The van der Waals surface area contributed by atoms with Gasteiger partial charge in [-0.15, -0.1) is 0 Å². The van der Waals surface area contributed by atoms with E-state index in [1.165, 1.54) is 34.6 Å². The fraction of sp³-hybridized carbons (Fsp3) is 0.269. The van der Waals surface area contributed by atoms with Crippen LogP contribution in [0, 0.1) is 11.9 Å². The molecule has 6 rings (SSSR count). The molecule has 0 aromatic carbocycles. The number of hydrogen-bond acceptors (Lipinski definition) is 5. The average molecular weight is 441 g/mol. The van der Waals surface area contributed by atoms with Crippen LogP contribution >= 0.6 is 0 Å². The third-order valence-corrected chi connectivity index (χ3v) is 6.65. The molecule has 0 spiro atoms. The molecule has 6 nitrogen and oxygen atoms in total. The molecular formula is C26H23FN5O+. The number of hydrogen-bond donors (Lipinski definition) is 2. The summed E-state index contributed by atoms with van der Waals surface area (Å²) in [4.78, 5) is 8.66. The summed E-state index contributed by atoms with van der Waals surface area (Å²) < 4.78 is 15.6. The molecule has 0 amide bonds. The molecule has 33 heavy (non-hydrogen) atoms. The van der Waals surface area contributed by atoms with Gasteiger partial charge in [-0.25, -0.2) is 9.37 Å². The lowest BCUT2D eigenvalue weighted by Gasteiger charge is -2.26. The second-order valence-electron chi connectivity index (χ2n) is 8.86. The standard InChI is InChI=1S/C26H23FN5O/c1-15(33)23-14-29-32-25(11-24(31-26(23)32)18-9-19(27)13-28-12-18)30-20-7-6-17-8-16-4-2-3-5-21(16)22(17)10-20/h3-5,9,11-15,20,30,33H,6-8,10H2,1H3/q+1/t15-,20+/m0/s1. The molecule has 0 saturated carbocycles. The van der Waals surface area contributed by atoms with E-state index in [9.17, 15) is 9.50 Å². The minimum Gasteiger partial charge on any atom is -0.389 e. The Bertz CT molecular complexity index is 1390. The van der Waals surface area contributed by atoms with Crippen LogP contribution in [0.15, 0.2) is 71.2 Å². The molecule has 3 aromatic heterocycles. The molecular weight excluding hydrogens is 417 g/mol. The summed E-state index contributed by atoms with van der Waals surface area (Å²) in [7, 11) is 0. The van der Waals surface area contributed by atoms with E-state index in [1.54, 1.807) is 23.8 Å². The van der Waals surface area contributed by atoms with Gasteiger partial charge in [0.2, 0.25) is 0 Å². The molecule has 0 radical (unpaired) electrons. The Labute approximate surface area is 190 Å². The van der Waals surface area contributed by atoms with Crippen LogP contribution < -0.4 is 5.32 Å². The molecule has 3 heterocycles. The second kappa shape index (κ2) is 7.73. The zero-order valence-electron chi connectivity index (χ0n) is 18.2. The molecule has 3 aliphatic carbocycles. The van der Waals surface area contributed by atoms with E-state index in [4.69, 9.17) is 0 Å². The lowest BCUT2D eigenvalue weighted by molar-refractivity contribution is 0.200. The molecule has 0 aliphatic heterocycles. The number of nitrogens with one attached hydrogen (secondary N) is 1. The number of anilines is 1. The van der Waals surface area contributed by atoms with Crippen LogP contribution in [0.3, 0.4) is 0 Å². The fourth-order valence-electron chi connectivity index (χ4n) is 5.03. The SMILES string of the molecule is C[C@H](O)c1cnn2c(N[C@@H]3CCC4=C(C3)C3=C(C=[C+]C=C3)C4)cc(-c3cncc(F)c3)nc12. The zero-order chi connectivity index (χ0) is 22.5. The average Bonchev–Trinajstić information content (AvgIpc) is 3.41. The van der Waals surface area contributed by atoms with Gasteiger partial charge in [0.05, 0.1) is 41.4 Å². The second-order valence-corrected chi connectivity index (χ2v) is 8.86. The number of aliphatic hydroxyl groups excluding tert-OH is 1. The number of aromatic nitrogens is 4. The summed E-state index contributed by atoms with van der Waals surface area (Å²) in [5.74, 6) is 0.344. The predicted molar refractivity (Wildman–Crippen MR) is 124 cm³/mol. The lowest BCUT2D eigenvalue weighted by atomic mass is 9.87. The maximum absolute atomic E-state index is 13.9. The first kappa shape index (κ1) is 20.0. The lowest BCUT2D eigenvalue weighted by Crippen LogP contribution is -2.25. The van der Waals surface area contributed by atoms with E-state index in [0.717, 1.165) is 31.5 Å². The van der Waals surface area contributed by atoms with Crippen molar-refractivity contribution in [1.82, 2.24) is 19.6 Å². The molecule has 3 aromatic rings. The van der Waals surface area contributed by atoms with Gasteiger partial charge in [0.25, 0.3) is 0 Å². The smallest absolute Gasteiger partial charge is 0.163 e. The summed E-state index contributed by atoms with van der Waals surface area (Å²) in [5, 5.41) is 18.4. The highest BCUT2D eigenvalue weighted by atomic mass is 19.1. The molecule has 2 N–H and O–H groups in total. The number of rotatable bonds is 4. The van der Waals surface area contributed by atoms with Crippen LogP contribution in [0.25, 0.3) is 16.9 Å². The largest absolute Gasteiger partial charge is 0.389 e. The number of nitrogens with zero attached hydrogens (tertiary/aromatic N) is 4. The van der Waals surface area contributed by atoms with E-state index >= 15 is 0 Å². The van der Waals surface area contributed by atoms with E-state index in [1.807, 2.05) is 12.1 Å². The topological polar surface area (TPSA) is 75.3 Å². The third-order valence-electron chi connectivity index (χ3n) is 6.65. The van der Waals surface area contributed by atoms with Crippen molar-refractivity contribution in [2.75, 3.05) is 5.32 Å². The van der Waals surface area contributed by atoms with Gasteiger partial charge >= 0.3 is 0 Å². The first-order chi connectivity index (χ1) is 16.1. The monoisotopic (exact) mass is 440 g/mol. The summed E-state index contributed by atoms with van der Waals surface area (Å²) >= 11 is 0. The Morgan fingerprint density at radius 3 is 3.03 bits per heavy atom. The van der Waals surface area contributed by atoms with Crippen LogP contribution in [-0.2, 0) is 0 Å². The molecule has 2 atom stereocenters. The summed E-state index contributed by atoms with van der Waals surface area (Å²) in [6, 6.07) is 3.52. The number of allylic oxidation sites excluding steroid dienone is 7. The van der Waals surface area contributed by atoms with Crippen molar-refractivity contribution in [3.05, 3.63) is 88.7 Å². The molecule has 0 fully saturated rings. The minimum absolute atomic E-state index is 0.224. The first-order valence-corrected chi connectivity index (χ1v) is 11.2. The van der Waals surface area contributed by atoms with Crippen molar-refractivity contribution in [3.63, 3.8) is 0 Å². The van der Waals surface area contributed by atoms with E-state index in [2.05, 4.69) is 38.6 Å². The van der Waals surface area contributed by atoms with E-state index < -0.39 is 11.9 Å². The Morgan fingerprint density at radius 2 is 2.18 bits per heavy atom. The fourth-order valence-corrected chi connectivity index (χ4v) is 5.03. The van der Waals surface area contributed by atoms with Crippen molar-refractivity contribution in [2.45, 2.75) is 44.8 Å². The molecule has 0 unspecified atom stereocenters. The van der Waals surface area contributed by atoms with Crippen molar-refractivity contribution in [1.29, 1.82) is 0 Å². The Morgan fingerprint density at radius 1 is 1.27 bits per heavy atom. The molecule has 0 bridgehead atoms. The van der Waals surface area contributed by atoms with Crippen LogP contribution in [-0.4, -0.2) is 30.7 Å². The Balaban J connectivity index is 1.38. The zero-order valence-corrected chi connectivity index (χ0v) is 18.2. The van der Waals surface area contributed by atoms with Gasteiger partial charge in [-0.1, -0.05) is 0 Å². The summed E-state index contributed by atoms with van der Waals surface area (Å²) in [5.41, 5.74) is 8.01. The van der Waals surface area contributed by atoms with Crippen LogP contribution in [0.2, 0.25) is 0 Å². The van der Waals surface area contributed by atoms with Crippen LogP contribution in [0.4, 0.5) is 10.2 Å². The van der Waals surface area contributed by atoms with Gasteiger partial charge in [-0.2, -0.15) is 9.61 Å². The summed E-state index contributed by atoms with van der Waals surface area (Å²) in [6.45, 7) is 1.69. The molecule has 3 aliphatic rings. The molecule has 164 valence electrons. The molecule has 7 heteroatoms. The highest BCUT2D eigenvalue weighted by Gasteiger charge is 2.33. The molecule has 0 saturated heterocycles. The van der Waals surface area contributed by atoms with Crippen LogP contribution in [0.1, 0.15) is 44.3 Å². The van der Waals surface area contributed by atoms with Gasteiger partial charge in [0.1, 0.15) is 23.8 Å². The first-order valence-electron chi connectivity index (χ1n) is 11.2. The van der Waals surface area contributed by atoms with Crippen molar-refractivity contribution < 1.29 is 9.50 Å². The van der Waals surface area contributed by atoms with Gasteiger partial charge < -0.3 is 10.4 Å². The highest BCUT2D eigenvalue weighted by molar-refractivity contribution is 5.68. The number of halogens is 1. The summed E-state index contributed by atoms with van der Waals surface area (Å²) in [6.07, 6.45) is 17.2. The Hall–Kier alpha value is -3.67. The predicted octanol–water partition coefficient (Wildman–Crippen LogP) is 4.87. The highest BCUT2D eigenvalue weighted by Crippen LogP contribution is 2.43. The van der Waals surface area contributed by atoms with Crippen molar-refractivity contribution in [2.24, 2.45) is 0 Å². The normalized spacial score (nSPS) is 20.2. The number of pyridine rings is 1. The third kappa shape index (κ3) is 3.46.